The first-order valence-corrected chi connectivity index (χ1v) is 4.13. The number of aliphatic hydroxyl groups excluding tert-OH is 1. The van der Waals surface area contributed by atoms with Gasteiger partial charge in [0, 0.05) is 6.61 Å². The molecule has 0 fully saturated rings. The number of aliphatic hydroxyl groups is 1. The summed E-state index contributed by atoms with van der Waals surface area (Å²) in [6, 6.07) is 7.54. The van der Waals surface area contributed by atoms with Crippen LogP contribution < -0.4 is 4.74 Å². The second-order valence-electron chi connectivity index (χ2n) is 2.61. The number of rotatable bonds is 4. The zero-order chi connectivity index (χ0) is 9.52. The molecule has 2 nitrogen and oxygen atoms in total. The lowest BCUT2D eigenvalue weighted by atomic mass is 10.1. The van der Waals surface area contributed by atoms with Gasteiger partial charge in [0.05, 0.1) is 0 Å². The summed E-state index contributed by atoms with van der Waals surface area (Å²) in [5.74, 6) is 3.16. The Hall–Kier alpha value is -1.46. The normalized spacial score (nSPS) is 9.23. The Morgan fingerprint density at radius 3 is 2.54 bits per heavy atom. The van der Waals surface area contributed by atoms with Crippen molar-refractivity contribution in [2.24, 2.45) is 0 Å². The first-order chi connectivity index (χ1) is 6.36. The summed E-state index contributed by atoms with van der Waals surface area (Å²) in [6.45, 7) is 0.462. The van der Waals surface area contributed by atoms with Crippen LogP contribution in [0.15, 0.2) is 24.3 Å². The van der Waals surface area contributed by atoms with Gasteiger partial charge in [0.25, 0.3) is 0 Å². The van der Waals surface area contributed by atoms with Crippen LogP contribution in [0.2, 0.25) is 0 Å². The predicted molar refractivity (Wildman–Crippen MR) is 51.6 cm³/mol. The largest absolute Gasteiger partial charge is 0.481 e. The van der Waals surface area contributed by atoms with Gasteiger partial charge < -0.3 is 9.84 Å². The number of ether oxygens (including phenoxy) is 1. The fourth-order valence-electron chi connectivity index (χ4n) is 1.01. The molecule has 0 aromatic heterocycles. The molecule has 1 aromatic rings. The van der Waals surface area contributed by atoms with Crippen LogP contribution in [0.1, 0.15) is 5.56 Å². The molecule has 1 aromatic carbocycles. The molecule has 2 heteroatoms. The Labute approximate surface area is 78.2 Å². The van der Waals surface area contributed by atoms with Crippen molar-refractivity contribution in [1.29, 1.82) is 0 Å². The minimum atomic E-state index is 0.171. The van der Waals surface area contributed by atoms with Crippen LogP contribution in [0.4, 0.5) is 0 Å². The Morgan fingerprint density at radius 2 is 2.00 bits per heavy atom. The van der Waals surface area contributed by atoms with Crippen LogP contribution in [0, 0.1) is 12.3 Å². The number of benzene rings is 1. The quantitative estimate of drug-likeness (QED) is 0.699. The van der Waals surface area contributed by atoms with E-state index >= 15 is 0 Å². The molecule has 0 saturated heterocycles. The molecule has 0 spiro atoms. The van der Waals surface area contributed by atoms with E-state index in [4.69, 9.17) is 16.3 Å². The molecule has 0 atom stereocenters. The Balaban J connectivity index is 2.54. The van der Waals surface area contributed by atoms with Gasteiger partial charge in [-0.3, -0.25) is 0 Å². The van der Waals surface area contributed by atoms with Crippen LogP contribution >= 0.6 is 0 Å². The summed E-state index contributed by atoms with van der Waals surface area (Å²) in [5, 5.41) is 8.67. The van der Waals surface area contributed by atoms with Gasteiger partial charge in [-0.05, 0) is 24.1 Å². The van der Waals surface area contributed by atoms with E-state index in [9.17, 15) is 0 Å². The van der Waals surface area contributed by atoms with Gasteiger partial charge in [-0.1, -0.05) is 18.1 Å². The molecule has 1 N–H and O–H groups in total. The molecule has 0 aliphatic carbocycles. The summed E-state index contributed by atoms with van der Waals surface area (Å²) >= 11 is 0. The van der Waals surface area contributed by atoms with Crippen LogP contribution in [0.3, 0.4) is 0 Å². The van der Waals surface area contributed by atoms with Crippen LogP contribution in [0.25, 0.3) is 0 Å². The van der Waals surface area contributed by atoms with Gasteiger partial charge in [-0.15, -0.1) is 6.42 Å². The second-order valence-corrected chi connectivity index (χ2v) is 2.61. The van der Waals surface area contributed by atoms with Crippen molar-refractivity contribution in [3.05, 3.63) is 29.8 Å². The van der Waals surface area contributed by atoms with Gasteiger partial charge in [0.2, 0.25) is 0 Å². The van der Waals surface area contributed by atoms with Crippen molar-refractivity contribution in [1.82, 2.24) is 0 Å². The summed E-state index contributed by atoms with van der Waals surface area (Å²) in [4.78, 5) is 0. The van der Waals surface area contributed by atoms with E-state index in [1.54, 1.807) is 0 Å². The Kier molecular flexibility index (Phi) is 3.87. The number of hydrogen-bond donors (Lipinski definition) is 1. The third-order valence-corrected chi connectivity index (χ3v) is 1.65. The summed E-state index contributed by atoms with van der Waals surface area (Å²) in [7, 11) is 0. The molecular formula is C11H12O2. The van der Waals surface area contributed by atoms with Gasteiger partial charge in [-0.25, -0.2) is 0 Å². The zero-order valence-electron chi connectivity index (χ0n) is 7.36. The van der Waals surface area contributed by atoms with Gasteiger partial charge in [0.15, 0.2) is 0 Å². The smallest absolute Gasteiger partial charge is 0.148 e. The molecule has 0 saturated carbocycles. The monoisotopic (exact) mass is 176 g/mol. The lowest BCUT2D eigenvalue weighted by Crippen LogP contribution is -1.94. The molecule has 0 aliphatic heterocycles. The molecule has 0 unspecified atom stereocenters. The highest BCUT2D eigenvalue weighted by Crippen LogP contribution is 2.11. The summed E-state index contributed by atoms with van der Waals surface area (Å²) in [5.41, 5.74) is 1.09. The first kappa shape index (κ1) is 9.63. The van der Waals surface area contributed by atoms with Crippen molar-refractivity contribution >= 4 is 0 Å². The number of hydrogen-bond acceptors (Lipinski definition) is 2. The van der Waals surface area contributed by atoms with Crippen LogP contribution in [-0.4, -0.2) is 18.3 Å². The zero-order valence-corrected chi connectivity index (χ0v) is 7.36. The van der Waals surface area contributed by atoms with E-state index in [0.29, 0.717) is 13.0 Å². The second kappa shape index (κ2) is 5.23. The van der Waals surface area contributed by atoms with E-state index in [1.807, 2.05) is 24.3 Å². The van der Waals surface area contributed by atoms with Crippen LogP contribution in [-0.2, 0) is 6.42 Å². The molecule has 0 radical (unpaired) electrons. The van der Waals surface area contributed by atoms with E-state index in [0.717, 1.165) is 11.3 Å². The molecule has 0 amide bonds. The highest BCUT2D eigenvalue weighted by Gasteiger charge is 1.93. The molecule has 0 heterocycles. The van der Waals surface area contributed by atoms with E-state index in [1.165, 1.54) is 0 Å². The standard InChI is InChI=1S/C11H12O2/c1-2-9-13-11-5-3-10(4-6-11)7-8-12/h1,3-6,12H,7-9H2. The average Bonchev–Trinajstić information content (AvgIpc) is 2.17. The van der Waals surface area contributed by atoms with E-state index in [2.05, 4.69) is 5.92 Å². The minimum Gasteiger partial charge on any atom is -0.481 e. The Bertz CT molecular complexity index is 282. The highest BCUT2D eigenvalue weighted by atomic mass is 16.5. The maximum Gasteiger partial charge on any atom is 0.148 e. The van der Waals surface area contributed by atoms with E-state index < -0.39 is 0 Å². The topological polar surface area (TPSA) is 29.5 Å². The third kappa shape index (κ3) is 3.18. The molecule has 1 rings (SSSR count). The molecule has 0 bridgehead atoms. The molecular weight excluding hydrogens is 164 g/mol. The van der Waals surface area contributed by atoms with Crippen LogP contribution in [0.5, 0.6) is 5.75 Å². The number of terminal acetylenes is 1. The maximum atomic E-state index is 8.67. The molecule has 68 valence electrons. The van der Waals surface area contributed by atoms with Crippen molar-refractivity contribution in [3.8, 4) is 18.1 Å². The lowest BCUT2D eigenvalue weighted by molar-refractivity contribution is 0.299. The van der Waals surface area contributed by atoms with Crippen molar-refractivity contribution in [2.75, 3.05) is 13.2 Å². The summed E-state index contributed by atoms with van der Waals surface area (Å²) < 4.78 is 5.19. The lowest BCUT2D eigenvalue weighted by Gasteiger charge is -2.02. The fourth-order valence-corrected chi connectivity index (χ4v) is 1.01. The van der Waals surface area contributed by atoms with E-state index in [-0.39, 0.29) is 6.61 Å². The minimum absolute atomic E-state index is 0.171. The maximum absolute atomic E-state index is 8.67. The van der Waals surface area contributed by atoms with Gasteiger partial charge in [-0.2, -0.15) is 0 Å². The molecule has 13 heavy (non-hydrogen) atoms. The fraction of sp³-hybridized carbons (Fsp3) is 0.273. The average molecular weight is 176 g/mol. The molecule has 0 aliphatic rings. The highest BCUT2D eigenvalue weighted by molar-refractivity contribution is 5.27. The third-order valence-electron chi connectivity index (χ3n) is 1.65. The van der Waals surface area contributed by atoms with Gasteiger partial charge in [0.1, 0.15) is 12.4 Å². The SMILES string of the molecule is C#CCOc1ccc(CCO)cc1. The van der Waals surface area contributed by atoms with Gasteiger partial charge >= 0.3 is 0 Å². The van der Waals surface area contributed by atoms with Crippen molar-refractivity contribution in [3.63, 3.8) is 0 Å². The Morgan fingerprint density at radius 1 is 1.31 bits per heavy atom. The predicted octanol–water partition coefficient (Wildman–Crippen LogP) is 1.23. The van der Waals surface area contributed by atoms with Crippen molar-refractivity contribution in [2.45, 2.75) is 6.42 Å². The first-order valence-electron chi connectivity index (χ1n) is 4.13. The van der Waals surface area contributed by atoms with Crippen molar-refractivity contribution < 1.29 is 9.84 Å². The summed E-state index contributed by atoms with van der Waals surface area (Å²) in [6.07, 6.45) is 5.72.